The first-order valence-corrected chi connectivity index (χ1v) is 35.8. The lowest BCUT2D eigenvalue weighted by Crippen LogP contribution is -2.61. The zero-order chi connectivity index (χ0) is 64.3. The summed E-state index contributed by atoms with van der Waals surface area (Å²) in [6.45, 7) is 0. The van der Waals surface area contributed by atoms with Crippen molar-refractivity contribution in [2.75, 3.05) is 0 Å². The van der Waals surface area contributed by atoms with E-state index in [-0.39, 0.29) is 70.5 Å². The highest BCUT2D eigenvalue weighted by atomic mass is 16.1. The van der Waals surface area contributed by atoms with Gasteiger partial charge in [0.15, 0.2) is 23.1 Å². The van der Waals surface area contributed by atoms with Gasteiger partial charge in [-0.3, -0.25) is 19.2 Å². The molecule has 17 aromatic rings. The molecule has 4 aromatic heterocycles. The second-order valence-electron chi connectivity index (χ2n) is 31.8. The molecule has 0 saturated heterocycles. The summed E-state index contributed by atoms with van der Waals surface area (Å²) in [5, 5.41) is 8.66. The van der Waals surface area contributed by atoms with Gasteiger partial charge in [0.2, 0.25) is 0 Å². The van der Waals surface area contributed by atoms with E-state index in [2.05, 4.69) is 251 Å². The van der Waals surface area contributed by atoms with E-state index in [4.69, 9.17) is 0 Å². The monoisotopic (exact) mass is 1270 g/mol. The number of carbonyl (C=O) groups excluding carboxylic acids is 4. The molecule has 13 aromatic carbocycles. The predicted molar refractivity (Wildman–Crippen MR) is 386 cm³/mol. The highest BCUT2D eigenvalue weighted by Gasteiger charge is 2.74. The van der Waals surface area contributed by atoms with Gasteiger partial charge in [0.1, 0.15) is 0 Å². The van der Waals surface area contributed by atoms with E-state index in [1.54, 1.807) is 0 Å². The lowest BCUT2D eigenvalue weighted by Gasteiger charge is -2.64. The van der Waals surface area contributed by atoms with Crippen molar-refractivity contribution < 1.29 is 19.2 Å². The maximum atomic E-state index is 16.2. The molecule has 0 aliphatic heterocycles. The van der Waals surface area contributed by atoms with Crippen LogP contribution in [-0.2, 0) is 21.7 Å². The predicted octanol–water partition coefficient (Wildman–Crippen LogP) is 18.9. The highest BCUT2D eigenvalue weighted by Crippen LogP contribution is 2.79. The van der Waals surface area contributed by atoms with Crippen molar-refractivity contribution in [2.45, 2.75) is 69.0 Å². The van der Waals surface area contributed by atoms with E-state index in [1.165, 1.54) is 66.8 Å². The van der Waals surface area contributed by atoms with Crippen LogP contribution in [0.5, 0.6) is 0 Å². The number of aromatic nitrogens is 2. The molecule has 29 rings (SSSR count). The maximum absolute atomic E-state index is 16.2. The molecule has 0 bridgehead atoms. The first kappa shape index (κ1) is 49.6. The Morgan fingerprint density at radius 1 is 0.210 bits per heavy atom. The van der Waals surface area contributed by atoms with Crippen molar-refractivity contribution in [1.29, 1.82) is 0 Å². The molecule has 0 amide bonds. The van der Waals surface area contributed by atoms with Gasteiger partial charge in [-0.05, 0) is 160 Å². The minimum Gasteiger partial charge on any atom is -0.308 e. The molecule has 0 N–H and O–H groups in total. The number of hydrogen-bond donors (Lipinski definition) is 0. The van der Waals surface area contributed by atoms with Crippen LogP contribution >= 0.6 is 0 Å². The molecule has 6 nitrogen and oxygen atoms in total. The molecule has 4 heterocycles. The third kappa shape index (κ3) is 4.32. The largest absolute Gasteiger partial charge is 0.308 e. The molecule has 12 unspecified atom stereocenters. The van der Waals surface area contributed by atoms with Gasteiger partial charge in [0.25, 0.3) is 0 Å². The Balaban J connectivity index is 0.814. The Kier molecular flexibility index (Phi) is 7.41. The molecule has 0 saturated carbocycles. The van der Waals surface area contributed by atoms with Crippen LogP contribution < -0.4 is 0 Å². The second-order valence-corrected chi connectivity index (χ2v) is 31.8. The molecule has 4 spiro atoms. The van der Waals surface area contributed by atoms with E-state index in [1.807, 2.05) is 0 Å². The second kappa shape index (κ2) is 14.9. The number of benzene rings is 13. The number of carbonyl (C=O) groups is 4. The zero-order valence-electron chi connectivity index (χ0n) is 53.2. The summed E-state index contributed by atoms with van der Waals surface area (Å²) in [5.41, 5.74) is 30.9. The smallest absolute Gasteiger partial charge is 0.171 e. The molecule has 12 aliphatic carbocycles. The summed E-state index contributed by atoms with van der Waals surface area (Å²) in [6, 6.07) is 89.0. The van der Waals surface area contributed by atoms with Crippen molar-refractivity contribution in [3.8, 4) is 0 Å². The van der Waals surface area contributed by atoms with E-state index in [9.17, 15) is 0 Å². The van der Waals surface area contributed by atoms with Gasteiger partial charge in [-0.2, -0.15) is 0 Å². The van der Waals surface area contributed by atoms with Crippen molar-refractivity contribution in [2.24, 2.45) is 0 Å². The van der Waals surface area contributed by atoms with Crippen LogP contribution in [0.3, 0.4) is 0 Å². The Bertz CT molecular complexity index is 6390. The van der Waals surface area contributed by atoms with Gasteiger partial charge >= 0.3 is 0 Å². The van der Waals surface area contributed by atoms with Gasteiger partial charge < -0.3 is 8.80 Å². The van der Waals surface area contributed by atoms with Crippen LogP contribution in [0, 0.1) is 0 Å². The number of rotatable bonds is 0. The highest BCUT2D eigenvalue weighted by molar-refractivity contribution is 6.46. The summed E-state index contributed by atoms with van der Waals surface area (Å²) in [6.07, 6.45) is 0. The molecule has 0 radical (unpaired) electrons. The van der Waals surface area contributed by atoms with Crippen molar-refractivity contribution in [3.63, 3.8) is 0 Å². The quantitative estimate of drug-likeness (QED) is 0.152. The van der Waals surface area contributed by atoms with Crippen molar-refractivity contribution in [1.82, 2.24) is 8.80 Å². The van der Waals surface area contributed by atoms with Gasteiger partial charge in [-0.25, -0.2) is 0 Å². The number of Topliss-reactive ketones (excluding diaryl/α,β-unsaturated/α-hetero) is 4. The standard InChI is InChI=1S/C94H48N2O4/c97-87-53-37-69-57(33-49(53)77-41-17-1-9-25-61(41)91(77)65-29-13-5-21-45(65)81(87)91)73-74-58-34-50-55(89(99)83-47-23-7-14-30-66(47)92(83)62-26-10-2-18-42(62)78(50)92)39-71(58)96-72-40-56-52(80-44-20-4-12-28-64(44)94(80)68-32-16-8-24-48(68)84(94)90(56)100)36-60(72)76(86(74)96)75-59-35-51-54(38-70(59)95(69)85(73)75)88(98)82-46-22-6-15-31-67(46)93(82)63-27-11-3-19-43(63)79(51)93/h1-40,77-84H. The molecule has 6 heteroatoms. The van der Waals surface area contributed by atoms with E-state index in [0.717, 1.165) is 143 Å². The summed E-state index contributed by atoms with van der Waals surface area (Å²) < 4.78 is 4.96. The first-order chi connectivity index (χ1) is 49.3. The SMILES string of the molecule is O=C1c2cc3c(cc2C2c4ccccc4C24c2ccccc2C14)c1c2c4cc5c(cc4n4c6cc7c(cc6c(c6c8cc9c(cc8n3c16)C(=O)C1c3ccccc3C13c1ccccc1C93)c24)C1c2ccccc2C12c1ccccc1C2C7=O)C(=O)C1c2ccccc2C12c1ccccc1C52. The van der Waals surface area contributed by atoms with Crippen LogP contribution in [0.15, 0.2) is 243 Å². The van der Waals surface area contributed by atoms with E-state index < -0.39 is 21.7 Å². The summed E-state index contributed by atoms with van der Waals surface area (Å²) in [5.74, 6) is -0.863. The Morgan fingerprint density at radius 2 is 0.390 bits per heavy atom. The summed E-state index contributed by atoms with van der Waals surface area (Å²) in [4.78, 5) is 65.0. The molecule has 0 fully saturated rings. The Morgan fingerprint density at radius 3 is 0.590 bits per heavy atom. The zero-order valence-corrected chi connectivity index (χ0v) is 53.2. The van der Waals surface area contributed by atoms with Crippen LogP contribution in [-0.4, -0.2) is 31.9 Å². The molecule has 12 atom stereocenters. The molecular formula is C94H48N2O4. The molecule has 12 aliphatic rings. The third-order valence-electron chi connectivity index (χ3n) is 29.3. The van der Waals surface area contributed by atoms with Crippen molar-refractivity contribution in [3.05, 3.63) is 376 Å². The van der Waals surface area contributed by atoms with Crippen LogP contribution in [0.1, 0.15) is 200 Å². The van der Waals surface area contributed by atoms with Crippen LogP contribution in [0.2, 0.25) is 0 Å². The van der Waals surface area contributed by atoms with E-state index in [0.29, 0.717) is 0 Å². The third-order valence-corrected chi connectivity index (χ3v) is 29.3. The fourth-order valence-electron chi connectivity index (χ4n) is 26.5. The maximum Gasteiger partial charge on any atom is 0.171 e. The lowest BCUT2D eigenvalue weighted by molar-refractivity contribution is 0.0839. The Hall–Kier alpha value is -11.9. The fraction of sp³-hybridized carbons (Fsp3) is 0.128. The Labute approximate surface area is 569 Å². The molecule has 458 valence electrons. The van der Waals surface area contributed by atoms with Crippen LogP contribution in [0.4, 0.5) is 0 Å². The summed E-state index contributed by atoms with van der Waals surface area (Å²) in [7, 11) is 0. The number of ketones is 4. The molecular weight excluding hydrogens is 1220 g/mol. The average Bonchev–Trinajstić information content (AvgIpc) is 0.720. The molecule has 100 heavy (non-hydrogen) atoms. The van der Waals surface area contributed by atoms with Gasteiger partial charge in [-0.1, -0.05) is 194 Å². The lowest BCUT2D eigenvalue weighted by atomic mass is 9.36. The minimum atomic E-state index is -0.480. The van der Waals surface area contributed by atoms with E-state index >= 15 is 19.2 Å². The number of fused-ring (bicyclic) bond motifs is 38. The first-order valence-electron chi connectivity index (χ1n) is 35.8. The average molecular weight is 1270 g/mol. The number of hydrogen-bond acceptors (Lipinski definition) is 4. The van der Waals surface area contributed by atoms with Gasteiger partial charge in [0, 0.05) is 111 Å². The fourth-order valence-corrected chi connectivity index (χ4v) is 26.5. The topological polar surface area (TPSA) is 77.1 Å². The van der Waals surface area contributed by atoms with Crippen LogP contribution in [0.25, 0.3) is 76.2 Å². The minimum absolute atomic E-state index is 0.0538. The van der Waals surface area contributed by atoms with Gasteiger partial charge in [0.05, 0.1) is 56.8 Å². The normalized spacial score (nSPS) is 28.2. The van der Waals surface area contributed by atoms with Gasteiger partial charge in [-0.15, -0.1) is 0 Å². The number of nitrogens with zero attached hydrogens (tertiary/aromatic N) is 2. The summed E-state index contributed by atoms with van der Waals surface area (Å²) >= 11 is 0. The van der Waals surface area contributed by atoms with Crippen molar-refractivity contribution >= 4 is 99.3 Å².